The lowest BCUT2D eigenvalue weighted by Gasteiger charge is -2.31. The number of hydrogen-bond donors (Lipinski definition) is 1. The summed E-state index contributed by atoms with van der Waals surface area (Å²) in [5.41, 5.74) is 2.29. The number of carbonyl (C=O) groups excluding carboxylic acids is 1. The summed E-state index contributed by atoms with van der Waals surface area (Å²) >= 11 is 0. The van der Waals surface area contributed by atoms with Crippen LogP contribution in [-0.2, 0) is 10.0 Å². The molecule has 1 saturated heterocycles. The summed E-state index contributed by atoms with van der Waals surface area (Å²) in [7, 11) is -2.08. The maximum atomic E-state index is 14.3. The van der Waals surface area contributed by atoms with E-state index in [-0.39, 0.29) is 22.7 Å². The van der Waals surface area contributed by atoms with E-state index in [0.717, 1.165) is 5.69 Å². The first-order valence-corrected chi connectivity index (χ1v) is 12.6. The minimum absolute atomic E-state index is 0.147. The third-order valence-corrected chi connectivity index (χ3v) is 8.17. The zero-order chi connectivity index (χ0) is 24.5. The molecule has 0 aliphatic carbocycles. The van der Waals surface area contributed by atoms with E-state index in [0.29, 0.717) is 48.6 Å². The Morgan fingerprint density at radius 1 is 1.06 bits per heavy atom. The Morgan fingerprint density at radius 3 is 2.32 bits per heavy atom. The molecule has 34 heavy (non-hydrogen) atoms. The summed E-state index contributed by atoms with van der Waals surface area (Å²) in [6, 6.07) is 14.4. The number of nitrogens with one attached hydrogen (secondary N) is 1. The number of amides is 1. The standard InChI is InChI=1S/C25H28FN3O4S/c1-17-16-22(18(2)29(17)24-7-5-4-6-23(24)26)25(30)27-19-12-14-28(15-13-19)34(31,32)21-10-8-20(33-3)9-11-21/h4-11,16,19H,12-15H2,1-3H3,(H,27,30). The molecule has 0 saturated carbocycles. The number of aromatic nitrogens is 1. The van der Waals surface area contributed by atoms with E-state index in [4.69, 9.17) is 4.74 Å². The van der Waals surface area contributed by atoms with Gasteiger partial charge in [0.25, 0.3) is 5.91 Å². The second kappa shape index (κ2) is 9.60. The largest absolute Gasteiger partial charge is 0.497 e. The molecule has 9 heteroatoms. The average Bonchev–Trinajstić information content (AvgIpc) is 3.13. The Bertz CT molecular complexity index is 1290. The first kappa shape index (κ1) is 24.0. The third kappa shape index (κ3) is 4.58. The van der Waals surface area contributed by atoms with Crippen molar-refractivity contribution in [3.63, 3.8) is 0 Å². The van der Waals surface area contributed by atoms with E-state index < -0.39 is 10.0 Å². The zero-order valence-electron chi connectivity index (χ0n) is 19.4. The Labute approximate surface area is 199 Å². The van der Waals surface area contributed by atoms with Crippen LogP contribution in [0, 0.1) is 19.7 Å². The summed E-state index contributed by atoms with van der Waals surface area (Å²) in [5.74, 6) is -0.0106. The molecule has 1 N–H and O–H groups in total. The molecule has 0 unspecified atom stereocenters. The highest BCUT2D eigenvalue weighted by Crippen LogP contribution is 2.25. The Balaban J connectivity index is 1.42. The summed E-state index contributed by atoms with van der Waals surface area (Å²) in [6.07, 6.45) is 1.01. The molecular formula is C25H28FN3O4S. The monoisotopic (exact) mass is 485 g/mol. The van der Waals surface area contributed by atoms with Gasteiger partial charge in [-0.1, -0.05) is 12.1 Å². The van der Waals surface area contributed by atoms with E-state index in [9.17, 15) is 17.6 Å². The van der Waals surface area contributed by atoms with Gasteiger partial charge < -0.3 is 14.6 Å². The van der Waals surface area contributed by atoms with Gasteiger partial charge in [0.1, 0.15) is 11.6 Å². The van der Waals surface area contributed by atoms with Crippen LogP contribution < -0.4 is 10.1 Å². The molecule has 1 aliphatic heterocycles. The molecule has 7 nitrogen and oxygen atoms in total. The quantitative estimate of drug-likeness (QED) is 0.576. The first-order valence-electron chi connectivity index (χ1n) is 11.1. The van der Waals surface area contributed by atoms with Gasteiger partial charge in [0.05, 0.1) is 23.3 Å². The summed E-state index contributed by atoms with van der Waals surface area (Å²) in [4.78, 5) is 13.2. The van der Waals surface area contributed by atoms with Crippen LogP contribution in [0.5, 0.6) is 5.75 Å². The lowest BCUT2D eigenvalue weighted by Crippen LogP contribution is -2.46. The van der Waals surface area contributed by atoms with Gasteiger partial charge in [0.2, 0.25) is 10.0 Å². The van der Waals surface area contributed by atoms with Gasteiger partial charge in [-0.25, -0.2) is 12.8 Å². The molecule has 2 heterocycles. The van der Waals surface area contributed by atoms with Crippen LogP contribution in [0.3, 0.4) is 0 Å². The molecule has 0 spiro atoms. The maximum absolute atomic E-state index is 14.3. The number of para-hydroxylation sites is 1. The maximum Gasteiger partial charge on any atom is 0.253 e. The molecule has 4 rings (SSSR count). The fourth-order valence-corrected chi connectivity index (χ4v) is 5.87. The minimum atomic E-state index is -3.61. The Hall–Kier alpha value is -3.17. The fourth-order valence-electron chi connectivity index (χ4n) is 4.40. The van der Waals surface area contributed by atoms with Crippen molar-refractivity contribution in [2.75, 3.05) is 20.2 Å². The lowest BCUT2D eigenvalue weighted by molar-refractivity contribution is 0.0923. The molecule has 1 fully saturated rings. The van der Waals surface area contributed by atoms with Crippen LogP contribution in [0.25, 0.3) is 5.69 Å². The predicted molar refractivity (Wildman–Crippen MR) is 127 cm³/mol. The highest BCUT2D eigenvalue weighted by molar-refractivity contribution is 7.89. The van der Waals surface area contributed by atoms with Gasteiger partial charge in [-0.05, 0) is 69.2 Å². The van der Waals surface area contributed by atoms with Gasteiger partial charge in [0.15, 0.2) is 0 Å². The number of hydrogen-bond acceptors (Lipinski definition) is 4. The number of rotatable bonds is 6. The SMILES string of the molecule is COc1ccc(S(=O)(=O)N2CCC(NC(=O)c3cc(C)n(-c4ccccc4F)c3C)CC2)cc1. The second-order valence-electron chi connectivity index (χ2n) is 8.40. The fraction of sp³-hybridized carbons (Fsp3) is 0.320. The van der Waals surface area contributed by atoms with E-state index in [2.05, 4.69) is 5.32 Å². The Morgan fingerprint density at radius 2 is 1.71 bits per heavy atom. The van der Waals surface area contributed by atoms with Gasteiger partial charge in [-0.2, -0.15) is 4.31 Å². The third-order valence-electron chi connectivity index (χ3n) is 6.26. The number of nitrogens with zero attached hydrogens (tertiary/aromatic N) is 2. The minimum Gasteiger partial charge on any atom is -0.497 e. The van der Waals surface area contributed by atoms with Gasteiger partial charge in [-0.15, -0.1) is 0 Å². The molecule has 0 atom stereocenters. The first-order chi connectivity index (χ1) is 16.2. The van der Waals surface area contributed by atoms with Crippen molar-refractivity contribution >= 4 is 15.9 Å². The van der Waals surface area contributed by atoms with E-state index in [1.54, 1.807) is 47.9 Å². The number of piperidine rings is 1. The number of ether oxygens (including phenoxy) is 1. The van der Waals surface area contributed by atoms with Crippen LogP contribution in [0.1, 0.15) is 34.6 Å². The van der Waals surface area contributed by atoms with Crippen molar-refractivity contribution in [2.45, 2.75) is 37.6 Å². The lowest BCUT2D eigenvalue weighted by atomic mass is 10.1. The highest BCUT2D eigenvalue weighted by atomic mass is 32.2. The van der Waals surface area contributed by atoms with Crippen molar-refractivity contribution in [2.24, 2.45) is 0 Å². The Kier molecular flexibility index (Phi) is 6.77. The van der Waals surface area contributed by atoms with Crippen LogP contribution in [0.15, 0.2) is 59.5 Å². The summed E-state index contributed by atoms with van der Waals surface area (Å²) in [6.45, 7) is 4.25. The number of aryl methyl sites for hydroxylation is 1. The molecule has 2 aromatic carbocycles. The molecule has 3 aromatic rings. The molecule has 1 aromatic heterocycles. The molecule has 1 amide bonds. The number of sulfonamides is 1. The van der Waals surface area contributed by atoms with Crippen molar-refractivity contribution in [3.8, 4) is 11.4 Å². The van der Waals surface area contributed by atoms with Gasteiger partial charge >= 0.3 is 0 Å². The van der Waals surface area contributed by atoms with E-state index in [1.165, 1.54) is 29.6 Å². The number of carbonyl (C=O) groups is 1. The smallest absolute Gasteiger partial charge is 0.253 e. The molecule has 0 bridgehead atoms. The summed E-state index contributed by atoms with van der Waals surface area (Å²) in [5, 5.41) is 3.03. The van der Waals surface area contributed by atoms with Crippen molar-refractivity contribution in [1.82, 2.24) is 14.2 Å². The number of halogens is 1. The molecule has 0 radical (unpaired) electrons. The molecule has 180 valence electrons. The second-order valence-corrected chi connectivity index (χ2v) is 10.3. The normalized spacial score (nSPS) is 15.3. The van der Waals surface area contributed by atoms with E-state index >= 15 is 0 Å². The van der Waals surface area contributed by atoms with Crippen molar-refractivity contribution < 1.29 is 22.3 Å². The van der Waals surface area contributed by atoms with Crippen molar-refractivity contribution in [1.29, 1.82) is 0 Å². The van der Waals surface area contributed by atoms with Crippen LogP contribution in [-0.4, -0.2) is 49.4 Å². The number of benzene rings is 2. The van der Waals surface area contributed by atoms with Gasteiger partial charge in [-0.3, -0.25) is 4.79 Å². The van der Waals surface area contributed by atoms with Crippen molar-refractivity contribution in [3.05, 3.63) is 77.4 Å². The van der Waals surface area contributed by atoms with Crippen LogP contribution in [0.2, 0.25) is 0 Å². The molecule has 1 aliphatic rings. The number of methoxy groups -OCH3 is 1. The van der Waals surface area contributed by atoms with E-state index in [1.807, 2.05) is 6.92 Å². The average molecular weight is 486 g/mol. The topological polar surface area (TPSA) is 80.6 Å². The summed E-state index contributed by atoms with van der Waals surface area (Å²) < 4.78 is 48.5. The zero-order valence-corrected chi connectivity index (χ0v) is 20.2. The molecular weight excluding hydrogens is 457 g/mol. The van der Waals surface area contributed by atoms with Crippen LogP contribution in [0.4, 0.5) is 4.39 Å². The predicted octanol–water partition coefficient (Wildman–Crippen LogP) is 3.82. The highest BCUT2D eigenvalue weighted by Gasteiger charge is 2.30. The van der Waals surface area contributed by atoms with Crippen LogP contribution >= 0.6 is 0 Å². The van der Waals surface area contributed by atoms with Gasteiger partial charge in [0, 0.05) is 30.5 Å².